The zero-order valence-corrected chi connectivity index (χ0v) is 16.2. The van der Waals surface area contributed by atoms with Crippen LogP contribution in [0.3, 0.4) is 0 Å². The topological polar surface area (TPSA) is 95.6 Å². The number of sulfonamides is 1. The molecular formula is C19H21N3O4S. The summed E-state index contributed by atoms with van der Waals surface area (Å²) < 4.78 is 26.5. The number of amides is 2. The van der Waals surface area contributed by atoms with Crippen molar-refractivity contribution in [3.05, 3.63) is 53.1 Å². The molecule has 0 spiro atoms. The second-order valence-corrected chi connectivity index (χ2v) is 8.26. The van der Waals surface area contributed by atoms with Crippen LogP contribution in [0.5, 0.6) is 0 Å². The molecule has 0 saturated carbocycles. The molecular weight excluding hydrogens is 366 g/mol. The van der Waals surface area contributed by atoms with Gasteiger partial charge in [-0.1, -0.05) is 6.07 Å². The number of carbonyl (C=O) groups excluding carboxylic acids is 2. The summed E-state index contributed by atoms with van der Waals surface area (Å²) in [5, 5.41) is 2.74. The summed E-state index contributed by atoms with van der Waals surface area (Å²) in [6.07, 6.45) is 0.700. The predicted octanol–water partition coefficient (Wildman–Crippen LogP) is 2.06. The van der Waals surface area contributed by atoms with Gasteiger partial charge in [0.05, 0.1) is 4.90 Å². The second kappa shape index (κ2) is 7.13. The highest BCUT2D eigenvalue weighted by Gasteiger charge is 2.23. The minimum absolute atomic E-state index is 0.0242. The van der Waals surface area contributed by atoms with Gasteiger partial charge in [0.15, 0.2) is 0 Å². The number of rotatable bonds is 4. The fourth-order valence-electron chi connectivity index (χ4n) is 3.15. The van der Waals surface area contributed by atoms with Crippen molar-refractivity contribution in [2.45, 2.75) is 25.2 Å². The molecule has 0 aromatic heterocycles. The van der Waals surface area contributed by atoms with E-state index in [1.54, 1.807) is 42.2 Å². The van der Waals surface area contributed by atoms with Crippen LogP contribution >= 0.6 is 0 Å². The number of aryl methyl sites for hydroxylation is 1. The minimum atomic E-state index is -3.61. The first-order chi connectivity index (χ1) is 12.7. The molecule has 0 aliphatic carbocycles. The van der Waals surface area contributed by atoms with Crippen LogP contribution in [0.4, 0.5) is 11.4 Å². The lowest BCUT2D eigenvalue weighted by atomic mass is 10.1. The van der Waals surface area contributed by atoms with E-state index in [4.69, 9.17) is 0 Å². The van der Waals surface area contributed by atoms with Crippen LogP contribution in [-0.2, 0) is 21.2 Å². The minimum Gasteiger partial charge on any atom is -0.322 e. The van der Waals surface area contributed by atoms with E-state index in [1.165, 1.54) is 20.0 Å². The maximum absolute atomic E-state index is 12.6. The van der Waals surface area contributed by atoms with Crippen molar-refractivity contribution in [2.24, 2.45) is 0 Å². The largest absolute Gasteiger partial charge is 0.322 e. The number of benzene rings is 2. The zero-order valence-electron chi connectivity index (χ0n) is 15.4. The standard InChI is InChI=1S/C19H21N3O4S/c1-12-4-6-16(11-18(12)27(25,26)20-3)21-19(24)15-5-7-17-14(10-15)8-9-22(17)13(2)23/h4-7,10-11,20H,8-9H2,1-3H3,(H,21,24). The Labute approximate surface area is 158 Å². The van der Waals surface area contributed by atoms with Crippen molar-refractivity contribution < 1.29 is 18.0 Å². The third-order valence-corrected chi connectivity index (χ3v) is 6.18. The van der Waals surface area contributed by atoms with Crippen LogP contribution in [0.2, 0.25) is 0 Å². The van der Waals surface area contributed by atoms with E-state index in [2.05, 4.69) is 10.0 Å². The molecule has 3 rings (SSSR count). The highest BCUT2D eigenvalue weighted by molar-refractivity contribution is 7.89. The van der Waals surface area contributed by atoms with Gasteiger partial charge >= 0.3 is 0 Å². The molecule has 8 heteroatoms. The highest BCUT2D eigenvalue weighted by Crippen LogP contribution is 2.29. The molecule has 2 N–H and O–H groups in total. The van der Waals surface area contributed by atoms with Gasteiger partial charge in [-0.25, -0.2) is 13.1 Å². The van der Waals surface area contributed by atoms with Crippen molar-refractivity contribution in [3.8, 4) is 0 Å². The van der Waals surface area contributed by atoms with E-state index in [0.717, 1.165) is 11.3 Å². The molecule has 142 valence electrons. The van der Waals surface area contributed by atoms with Crippen molar-refractivity contribution >= 4 is 33.2 Å². The average molecular weight is 387 g/mol. The lowest BCUT2D eigenvalue weighted by molar-refractivity contribution is -0.116. The van der Waals surface area contributed by atoms with Crippen molar-refractivity contribution in [1.82, 2.24) is 4.72 Å². The van der Waals surface area contributed by atoms with E-state index in [0.29, 0.717) is 29.8 Å². The SMILES string of the molecule is CNS(=O)(=O)c1cc(NC(=O)c2ccc3c(c2)CCN3C(C)=O)ccc1C. The third kappa shape index (κ3) is 3.72. The lowest BCUT2D eigenvalue weighted by Gasteiger charge is -2.15. The third-order valence-electron chi connectivity index (χ3n) is 4.62. The Morgan fingerprint density at radius 3 is 2.52 bits per heavy atom. The van der Waals surface area contributed by atoms with Gasteiger partial charge < -0.3 is 10.2 Å². The molecule has 0 fully saturated rings. The molecule has 1 aliphatic rings. The van der Waals surface area contributed by atoms with Crippen LogP contribution < -0.4 is 14.9 Å². The number of carbonyl (C=O) groups is 2. The van der Waals surface area contributed by atoms with Gasteiger partial charge in [-0.05, 0) is 61.9 Å². The number of hydrogen-bond donors (Lipinski definition) is 2. The molecule has 2 aromatic carbocycles. The summed E-state index contributed by atoms with van der Waals surface area (Å²) in [4.78, 5) is 26.0. The van der Waals surface area contributed by atoms with Crippen LogP contribution in [0.25, 0.3) is 0 Å². The van der Waals surface area contributed by atoms with E-state index < -0.39 is 10.0 Å². The summed E-state index contributed by atoms with van der Waals surface area (Å²) in [5.41, 5.74) is 3.21. The number of nitrogens with one attached hydrogen (secondary N) is 2. The lowest BCUT2D eigenvalue weighted by Crippen LogP contribution is -2.25. The molecule has 0 bridgehead atoms. The molecule has 0 atom stereocenters. The van der Waals surface area contributed by atoms with Crippen molar-refractivity contribution in [2.75, 3.05) is 23.8 Å². The van der Waals surface area contributed by atoms with Crippen molar-refractivity contribution in [3.63, 3.8) is 0 Å². The first-order valence-electron chi connectivity index (χ1n) is 8.49. The Balaban J connectivity index is 1.85. The quantitative estimate of drug-likeness (QED) is 0.839. The van der Waals surface area contributed by atoms with E-state index in [9.17, 15) is 18.0 Å². The molecule has 0 radical (unpaired) electrons. The van der Waals surface area contributed by atoms with Gasteiger partial charge in [-0.2, -0.15) is 0 Å². The van der Waals surface area contributed by atoms with Crippen molar-refractivity contribution in [1.29, 1.82) is 0 Å². The van der Waals surface area contributed by atoms with E-state index in [-0.39, 0.29) is 16.7 Å². The van der Waals surface area contributed by atoms with Crippen LogP contribution in [0, 0.1) is 6.92 Å². The molecule has 2 amide bonds. The summed E-state index contributed by atoms with van der Waals surface area (Å²) in [5.74, 6) is -0.361. The molecule has 0 unspecified atom stereocenters. The van der Waals surface area contributed by atoms with E-state index >= 15 is 0 Å². The monoisotopic (exact) mass is 387 g/mol. The first kappa shape index (κ1) is 19.1. The van der Waals surface area contributed by atoms with Crippen LogP contribution in [0.1, 0.15) is 28.4 Å². The van der Waals surface area contributed by atoms with Gasteiger partial charge in [0.1, 0.15) is 0 Å². The molecule has 1 aliphatic heterocycles. The van der Waals surface area contributed by atoms with E-state index in [1.807, 2.05) is 0 Å². The number of nitrogens with zero attached hydrogens (tertiary/aromatic N) is 1. The number of hydrogen-bond acceptors (Lipinski definition) is 4. The first-order valence-corrected chi connectivity index (χ1v) is 9.98. The summed E-state index contributed by atoms with van der Waals surface area (Å²) in [6, 6.07) is 9.94. The normalized spacial score (nSPS) is 13.4. The second-order valence-electron chi connectivity index (χ2n) is 6.41. The smallest absolute Gasteiger partial charge is 0.255 e. The van der Waals surface area contributed by atoms with Gasteiger partial charge in [0, 0.05) is 30.4 Å². The average Bonchev–Trinajstić information content (AvgIpc) is 3.06. The number of fused-ring (bicyclic) bond motifs is 1. The molecule has 0 saturated heterocycles. The highest BCUT2D eigenvalue weighted by atomic mass is 32.2. The van der Waals surface area contributed by atoms with Gasteiger partial charge in [0.25, 0.3) is 5.91 Å². The predicted molar refractivity (Wildman–Crippen MR) is 104 cm³/mol. The molecule has 1 heterocycles. The Morgan fingerprint density at radius 2 is 1.85 bits per heavy atom. The summed E-state index contributed by atoms with van der Waals surface area (Å²) in [6.45, 7) is 3.82. The zero-order chi connectivity index (χ0) is 19.8. The van der Waals surface area contributed by atoms with Gasteiger partial charge in [0.2, 0.25) is 15.9 Å². The Kier molecular flexibility index (Phi) is 5.03. The summed E-state index contributed by atoms with van der Waals surface area (Å²) in [7, 11) is -2.27. The maximum atomic E-state index is 12.6. The maximum Gasteiger partial charge on any atom is 0.255 e. The van der Waals surface area contributed by atoms with Crippen LogP contribution in [0.15, 0.2) is 41.3 Å². The van der Waals surface area contributed by atoms with Crippen LogP contribution in [-0.4, -0.2) is 33.8 Å². The fourth-order valence-corrected chi connectivity index (χ4v) is 4.14. The number of anilines is 2. The molecule has 27 heavy (non-hydrogen) atoms. The molecule has 2 aromatic rings. The fraction of sp³-hybridized carbons (Fsp3) is 0.263. The Morgan fingerprint density at radius 1 is 1.11 bits per heavy atom. The Hall–Kier alpha value is -2.71. The van der Waals surface area contributed by atoms with Gasteiger partial charge in [-0.3, -0.25) is 9.59 Å². The molecule has 7 nitrogen and oxygen atoms in total. The summed E-state index contributed by atoms with van der Waals surface area (Å²) >= 11 is 0. The van der Waals surface area contributed by atoms with Gasteiger partial charge in [-0.15, -0.1) is 0 Å². The Bertz CT molecular complexity index is 1030.